The average molecular weight is 380 g/mol. The van der Waals surface area contributed by atoms with Crippen LogP contribution in [0.15, 0.2) is 6.20 Å². The molecule has 2 amide bonds. The summed E-state index contributed by atoms with van der Waals surface area (Å²) >= 11 is 0. The second-order valence-corrected chi connectivity index (χ2v) is 6.67. The van der Waals surface area contributed by atoms with E-state index < -0.39 is 41.8 Å². The molecule has 10 nitrogen and oxygen atoms in total. The molecule has 0 aliphatic carbocycles. The molecular weight excluding hydrogens is 356 g/mol. The molecular formula is C17H24N4O6. The molecule has 3 rings (SSSR count). The van der Waals surface area contributed by atoms with Crippen LogP contribution in [0.3, 0.4) is 0 Å². The van der Waals surface area contributed by atoms with Crippen molar-refractivity contribution in [3.05, 3.63) is 11.9 Å². The highest BCUT2D eigenvalue weighted by atomic mass is 16.5. The lowest BCUT2D eigenvalue weighted by atomic mass is 9.78. The molecule has 2 aliphatic heterocycles. The minimum atomic E-state index is -1.04. The van der Waals surface area contributed by atoms with Crippen molar-refractivity contribution >= 4 is 23.5 Å². The molecule has 2 saturated heterocycles. The SMILES string of the molecule is CCn1cc(NC(=O)[C@H]2[C@@H](C(=O)O)[C@@H]3CC[C@H]2O3)c(C(=O)NCCOC)n1. The van der Waals surface area contributed by atoms with E-state index in [1.165, 1.54) is 11.8 Å². The number of methoxy groups -OCH3 is 1. The van der Waals surface area contributed by atoms with Gasteiger partial charge in [0.05, 0.1) is 36.3 Å². The first-order valence-electron chi connectivity index (χ1n) is 9.00. The van der Waals surface area contributed by atoms with Gasteiger partial charge in [0.2, 0.25) is 5.91 Å². The number of nitrogens with zero attached hydrogens (tertiary/aromatic N) is 2. The smallest absolute Gasteiger partial charge is 0.310 e. The zero-order valence-electron chi connectivity index (χ0n) is 15.3. The second-order valence-electron chi connectivity index (χ2n) is 6.67. The van der Waals surface area contributed by atoms with Crippen LogP contribution in [0.4, 0.5) is 5.69 Å². The fraction of sp³-hybridized carbons (Fsp3) is 0.647. The van der Waals surface area contributed by atoms with E-state index in [1.807, 2.05) is 6.92 Å². The van der Waals surface area contributed by atoms with Crippen molar-refractivity contribution < 1.29 is 29.0 Å². The summed E-state index contributed by atoms with van der Waals surface area (Å²) in [7, 11) is 1.53. The first-order chi connectivity index (χ1) is 13.0. The molecule has 1 aromatic rings. The van der Waals surface area contributed by atoms with Gasteiger partial charge < -0.3 is 25.2 Å². The molecule has 0 spiro atoms. The molecule has 2 fully saturated rings. The zero-order valence-corrected chi connectivity index (χ0v) is 15.3. The van der Waals surface area contributed by atoms with Crippen molar-refractivity contribution in [3.63, 3.8) is 0 Å². The van der Waals surface area contributed by atoms with Gasteiger partial charge in [0.1, 0.15) is 0 Å². The Kier molecular flexibility index (Phi) is 5.76. The number of aromatic nitrogens is 2. The number of carboxylic acids is 1. The second kappa shape index (κ2) is 8.05. The Hall–Kier alpha value is -2.46. The summed E-state index contributed by atoms with van der Waals surface area (Å²) in [6.07, 6.45) is 2.03. The van der Waals surface area contributed by atoms with Gasteiger partial charge in [0.25, 0.3) is 5.91 Å². The minimum Gasteiger partial charge on any atom is -0.481 e. The zero-order chi connectivity index (χ0) is 19.6. The lowest BCUT2D eigenvalue weighted by Gasteiger charge is -2.23. The van der Waals surface area contributed by atoms with Crippen molar-refractivity contribution in [1.82, 2.24) is 15.1 Å². The summed E-state index contributed by atoms with van der Waals surface area (Å²) in [6, 6.07) is 0. The molecule has 4 atom stereocenters. The number of carbonyl (C=O) groups excluding carboxylic acids is 2. The number of anilines is 1. The number of amides is 2. The van der Waals surface area contributed by atoms with Gasteiger partial charge in [-0.2, -0.15) is 5.10 Å². The highest BCUT2D eigenvalue weighted by molar-refractivity contribution is 6.03. The predicted molar refractivity (Wildman–Crippen MR) is 93.3 cm³/mol. The first-order valence-corrected chi connectivity index (χ1v) is 9.00. The van der Waals surface area contributed by atoms with Crippen LogP contribution in [-0.4, -0.2) is 65.1 Å². The monoisotopic (exact) mass is 380 g/mol. The number of aryl methyl sites for hydroxylation is 1. The van der Waals surface area contributed by atoms with Crippen molar-refractivity contribution in [2.45, 2.75) is 38.5 Å². The number of nitrogens with one attached hydrogen (secondary N) is 2. The number of carbonyl (C=O) groups is 3. The summed E-state index contributed by atoms with van der Waals surface area (Å²) < 4.78 is 12.1. The summed E-state index contributed by atoms with van der Waals surface area (Å²) in [5.74, 6) is -3.59. The van der Waals surface area contributed by atoms with E-state index in [1.54, 1.807) is 6.20 Å². The van der Waals surface area contributed by atoms with Gasteiger partial charge in [-0.05, 0) is 19.8 Å². The third-order valence-corrected chi connectivity index (χ3v) is 5.01. The van der Waals surface area contributed by atoms with Crippen LogP contribution in [0.25, 0.3) is 0 Å². The van der Waals surface area contributed by atoms with E-state index in [9.17, 15) is 19.5 Å². The van der Waals surface area contributed by atoms with Crippen LogP contribution in [0.2, 0.25) is 0 Å². The molecule has 2 bridgehead atoms. The Balaban J connectivity index is 1.76. The predicted octanol–water partition coefficient (Wildman–Crippen LogP) is 0.0959. The number of aliphatic carboxylic acids is 1. The van der Waals surface area contributed by atoms with Crippen molar-refractivity contribution in [1.29, 1.82) is 0 Å². The number of carboxylic acid groups (broad SMARTS) is 1. The molecule has 0 radical (unpaired) electrons. The Bertz CT molecular complexity index is 733. The van der Waals surface area contributed by atoms with Crippen LogP contribution in [-0.2, 0) is 25.6 Å². The van der Waals surface area contributed by atoms with E-state index in [0.29, 0.717) is 32.5 Å². The normalized spacial score (nSPS) is 26.1. The molecule has 0 saturated carbocycles. The third kappa shape index (κ3) is 3.81. The van der Waals surface area contributed by atoms with Crippen LogP contribution >= 0.6 is 0 Å². The number of ether oxygens (including phenoxy) is 2. The molecule has 10 heteroatoms. The molecule has 0 aromatic carbocycles. The fourth-order valence-electron chi connectivity index (χ4n) is 3.73. The quantitative estimate of drug-likeness (QED) is 0.545. The molecule has 2 aliphatic rings. The van der Waals surface area contributed by atoms with E-state index in [4.69, 9.17) is 9.47 Å². The van der Waals surface area contributed by atoms with Gasteiger partial charge in [0, 0.05) is 26.4 Å². The van der Waals surface area contributed by atoms with Crippen LogP contribution in [0.1, 0.15) is 30.3 Å². The Morgan fingerprint density at radius 1 is 1.33 bits per heavy atom. The van der Waals surface area contributed by atoms with Gasteiger partial charge in [0.15, 0.2) is 5.69 Å². The Morgan fingerprint density at radius 3 is 2.67 bits per heavy atom. The number of rotatable bonds is 8. The Labute approximate surface area is 156 Å². The fourth-order valence-corrected chi connectivity index (χ4v) is 3.73. The van der Waals surface area contributed by atoms with Gasteiger partial charge in [-0.25, -0.2) is 0 Å². The Morgan fingerprint density at radius 2 is 2.04 bits per heavy atom. The van der Waals surface area contributed by atoms with E-state index in [0.717, 1.165) is 0 Å². The maximum absolute atomic E-state index is 12.8. The summed E-state index contributed by atoms with van der Waals surface area (Å²) in [5, 5.41) is 19.0. The molecule has 3 heterocycles. The topological polar surface area (TPSA) is 132 Å². The van der Waals surface area contributed by atoms with Crippen molar-refractivity contribution in [2.24, 2.45) is 11.8 Å². The number of hydrogen-bond acceptors (Lipinski definition) is 6. The van der Waals surface area contributed by atoms with E-state index in [2.05, 4.69) is 15.7 Å². The third-order valence-electron chi connectivity index (χ3n) is 5.01. The van der Waals surface area contributed by atoms with Crippen molar-refractivity contribution in [2.75, 3.05) is 25.6 Å². The van der Waals surface area contributed by atoms with Crippen molar-refractivity contribution in [3.8, 4) is 0 Å². The van der Waals surface area contributed by atoms with Gasteiger partial charge in [-0.15, -0.1) is 0 Å². The lowest BCUT2D eigenvalue weighted by molar-refractivity contribution is -0.147. The minimum absolute atomic E-state index is 0.0808. The van der Waals surface area contributed by atoms with Crippen LogP contribution < -0.4 is 10.6 Å². The summed E-state index contributed by atoms with van der Waals surface area (Å²) in [6.45, 7) is 3.03. The molecule has 0 unspecified atom stereocenters. The van der Waals surface area contributed by atoms with E-state index >= 15 is 0 Å². The molecule has 27 heavy (non-hydrogen) atoms. The first kappa shape index (κ1) is 19.3. The highest BCUT2D eigenvalue weighted by Crippen LogP contribution is 2.44. The standard InChI is InChI=1S/C17H24N4O6/c1-3-21-8-9(14(20-21)16(23)18-6-7-26-2)19-15(22)12-10-4-5-11(27-10)13(12)17(24)25/h8,10-13H,3-7H2,1-2H3,(H,18,23)(H,19,22)(H,24,25)/t10-,11+,12-,13+/m1/s1. The maximum atomic E-state index is 12.8. The lowest BCUT2D eigenvalue weighted by Crippen LogP contribution is -2.41. The molecule has 1 aromatic heterocycles. The summed E-state index contributed by atoms with van der Waals surface area (Å²) in [4.78, 5) is 36.7. The molecule has 148 valence electrons. The van der Waals surface area contributed by atoms with Gasteiger partial charge >= 0.3 is 5.97 Å². The van der Waals surface area contributed by atoms with Gasteiger partial charge in [-0.1, -0.05) is 0 Å². The highest BCUT2D eigenvalue weighted by Gasteiger charge is 2.55. The largest absolute Gasteiger partial charge is 0.481 e. The summed E-state index contributed by atoms with van der Waals surface area (Å²) in [5.41, 5.74) is 0.334. The van der Waals surface area contributed by atoms with Crippen LogP contribution in [0.5, 0.6) is 0 Å². The number of hydrogen-bond donors (Lipinski definition) is 3. The van der Waals surface area contributed by atoms with E-state index in [-0.39, 0.29) is 11.4 Å². The van der Waals surface area contributed by atoms with Crippen LogP contribution in [0, 0.1) is 11.8 Å². The average Bonchev–Trinajstić information content (AvgIpc) is 3.35. The molecule has 3 N–H and O–H groups in total. The maximum Gasteiger partial charge on any atom is 0.310 e. The number of fused-ring (bicyclic) bond motifs is 2. The van der Waals surface area contributed by atoms with Gasteiger partial charge in [-0.3, -0.25) is 19.1 Å².